The number of hydrogen-bond donors (Lipinski definition) is 1. The zero-order valence-electron chi connectivity index (χ0n) is 15.5. The number of thiazole rings is 1. The fourth-order valence-corrected chi connectivity index (χ4v) is 4.47. The molecule has 0 saturated carbocycles. The Morgan fingerprint density at radius 2 is 2.00 bits per heavy atom. The lowest BCUT2D eigenvalue weighted by atomic mass is 10.2. The van der Waals surface area contributed by atoms with Gasteiger partial charge in [0.1, 0.15) is 5.75 Å². The summed E-state index contributed by atoms with van der Waals surface area (Å²) in [4.78, 5) is 31.0. The Labute approximate surface area is 175 Å². The van der Waals surface area contributed by atoms with Crippen LogP contribution in [0, 0.1) is 0 Å². The summed E-state index contributed by atoms with van der Waals surface area (Å²) < 4.78 is 6.80. The van der Waals surface area contributed by atoms with Crippen LogP contribution in [0.1, 0.15) is 16.1 Å². The van der Waals surface area contributed by atoms with Gasteiger partial charge in [-0.3, -0.25) is 14.0 Å². The highest BCUT2D eigenvalue weighted by atomic mass is 32.2. The van der Waals surface area contributed by atoms with Gasteiger partial charge in [-0.1, -0.05) is 24.3 Å². The third kappa shape index (κ3) is 4.18. The summed E-state index contributed by atoms with van der Waals surface area (Å²) in [7, 11) is 1.54. The fourth-order valence-electron chi connectivity index (χ4n) is 2.83. The van der Waals surface area contributed by atoms with Crippen molar-refractivity contribution in [2.75, 3.05) is 12.4 Å². The Morgan fingerprint density at radius 1 is 1.21 bits per heavy atom. The minimum atomic E-state index is -0.244. The molecule has 29 heavy (non-hydrogen) atoms. The van der Waals surface area contributed by atoms with E-state index in [1.807, 2.05) is 35.7 Å². The molecule has 2 aromatic heterocycles. The van der Waals surface area contributed by atoms with Crippen LogP contribution >= 0.6 is 23.1 Å². The van der Waals surface area contributed by atoms with Crippen LogP contribution in [-0.4, -0.2) is 22.4 Å². The van der Waals surface area contributed by atoms with Gasteiger partial charge >= 0.3 is 0 Å². The largest absolute Gasteiger partial charge is 0.496 e. The van der Waals surface area contributed by atoms with Crippen LogP contribution in [-0.2, 0) is 5.75 Å². The van der Waals surface area contributed by atoms with Crippen molar-refractivity contribution in [2.45, 2.75) is 10.6 Å². The van der Waals surface area contributed by atoms with E-state index in [1.165, 1.54) is 34.6 Å². The number of nitrogens with one attached hydrogen (secondary N) is 1. The number of amides is 1. The standard InChI is InChI=1S/C21H17N3O3S2/c1-27-17-8-4-2-6-15(17)20(26)23-16-7-3-5-9-18(16)29-13-14-12-19(25)24-10-11-28-21(24)22-14/h2-12H,13H2,1H3,(H,23,26). The number of methoxy groups -OCH3 is 1. The molecule has 2 aromatic carbocycles. The molecule has 0 atom stereocenters. The van der Waals surface area contributed by atoms with Crippen molar-refractivity contribution in [1.82, 2.24) is 9.38 Å². The Kier molecular flexibility index (Phi) is 5.64. The molecule has 0 saturated heterocycles. The summed E-state index contributed by atoms with van der Waals surface area (Å²) >= 11 is 2.94. The summed E-state index contributed by atoms with van der Waals surface area (Å²) in [5.74, 6) is 0.793. The maximum Gasteiger partial charge on any atom is 0.259 e. The summed E-state index contributed by atoms with van der Waals surface area (Å²) in [6.45, 7) is 0. The molecule has 0 aliphatic heterocycles. The van der Waals surface area contributed by atoms with Gasteiger partial charge in [-0.15, -0.1) is 23.1 Å². The van der Waals surface area contributed by atoms with Crippen LogP contribution in [0.15, 0.2) is 75.9 Å². The average Bonchev–Trinajstić information content (AvgIpc) is 3.22. The lowest BCUT2D eigenvalue weighted by Gasteiger charge is -2.12. The first-order valence-corrected chi connectivity index (χ1v) is 10.6. The topological polar surface area (TPSA) is 72.7 Å². The van der Waals surface area contributed by atoms with Crippen LogP contribution in [0.5, 0.6) is 5.75 Å². The molecule has 2 heterocycles. The number of carbonyl (C=O) groups is 1. The van der Waals surface area contributed by atoms with Crippen molar-refractivity contribution in [2.24, 2.45) is 0 Å². The third-order valence-corrected chi connectivity index (χ3v) is 6.08. The van der Waals surface area contributed by atoms with E-state index < -0.39 is 0 Å². The average molecular weight is 424 g/mol. The number of aromatic nitrogens is 2. The first-order chi connectivity index (χ1) is 14.2. The lowest BCUT2D eigenvalue weighted by Crippen LogP contribution is -2.14. The summed E-state index contributed by atoms with van der Waals surface area (Å²) in [6, 6.07) is 16.2. The quantitative estimate of drug-likeness (QED) is 0.468. The maximum atomic E-state index is 12.7. The molecule has 4 rings (SSSR count). The number of para-hydroxylation sites is 2. The number of anilines is 1. The maximum absolute atomic E-state index is 12.7. The van der Waals surface area contributed by atoms with Crippen LogP contribution in [0.3, 0.4) is 0 Å². The Morgan fingerprint density at radius 3 is 2.86 bits per heavy atom. The molecular formula is C21H17N3O3S2. The third-order valence-electron chi connectivity index (χ3n) is 4.22. The van der Waals surface area contributed by atoms with E-state index in [-0.39, 0.29) is 11.5 Å². The van der Waals surface area contributed by atoms with E-state index in [9.17, 15) is 9.59 Å². The fraction of sp³-hybridized carbons (Fsp3) is 0.0952. The Hall–Kier alpha value is -3.10. The first-order valence-electron chi connectivity index (χ1n) is 8.77. The molecule has 8 heteroatoms. The normalized spacial score (nSPS) is 10.8. The zero-order chi connectivity index (χ0) is 20.2. The van der Waals surface area contributed by atoms with Crippen LogP contribution < -0.4 is 15.6 Å². The Bertz CT molecular complexity index is 1230. The molecule has 0 aliphatic carbocycles. The van der Waals surface area contributed by atoms with Gasteiger partial charge in [0.25, 0.3) is 11.5 Å². The van der Waals surface area contributed by atoms with Crippen LogP contribution in [0.2, 0.25) is 0 Å². The number of rotatable bonds is 6. The van der Waals surface area contributed by atoms with Crippen molar-refractivity contribution in [3.8, 4) is 5.75 Å². The SMILES string of the molecule is COc1ccccc1C(=O)Nc1ccccc1SCc1cc(=O)n2ccsc2n1. The van der Waals surface area contributed by atoms with Crippen molar-refractivity contribution >= 4 is 39.7 Å². The molecule has 1 amide bonds. The molecule has 0 radical (unpaired) electrons. The van der Waals surface area contributed by atoms with Crippen molar-refractivity contribution < 1.29 is 9.53 Å². The molecule has 0 unspecified atom stereocenters. The number of ether oxygens (including phenoxy) is 1. The van der Waals surface area contributed by atoms with E-state index >= 15 is 0 Å². The van der Waals surface area contributed by atoms with E-state index in [0.29, 0.717) is 33.4 Å². The predicted molar refractivity (Wildman–Crippen MR) is 116 cm³/mol. The highest BCUT2D eigenvalue weighted by Crippen LogP contribution is 2.30. The minimum Gasteiger partial charge on any atom is -0.496 e. The van der Waals surface area contributed by atoms with Gasteiger partial charge in [0.05, 0.1) is 24.1 Å². The van der Waals surface area contributed by atoms with Gasteiger partial charge in [-0.2, -0.15) is 0 Å². The van der Waals surface area contributed by atoms with Crippen molar-refractivity contribution in [3.05, 3.63) is 87.8 Å². The van der Waals surface area contributed by atoms with Gasteiger partial charge in [0.2, 0.25) is 0 Å². The predicted octanol–water partition coefficient (Wildman–Crippen LogP) is 4.31. The Balaban J connectivity index is 1.53. The monoisotopic (exact) mass is 423 g/mol. The number of benzene rings is 2. The number of nitrogens with zero attached hydrogens (tertiary/aromatic N) is 2. The highest BCUT2D eigenvalue weighted by Gasteiger charge is 2.14. The van der Waals surface area contributed by atoms with E-state index in [1.54, 1.807) is 30.5 Å². The molecule has 1 N–H and O–H groups in total. The van der Waals surface area contributed by atoms with E-state index in [0.717, 1.165) is 4.90 Å². The first kappa shape index (κ1) is 19.2. The van der Waals surface area contributed by atoms with E-state index in [2.05, 4.69) is 10.3 Å². The number of fused-ring (bicyclic) bond motifs is 1. The second-order valence-corrected chi connectivity index (χ2v) is 7.97. The second kappa shape index (κ2) is 8.50. The molecule has 0 spiro atoms. The van der Waals surface area contributed by atoms with Gasteiger partial charge in [0.15, 0.2) is 4.96 Å². The number of thioether (sulfide) groups is 1. The number of hydrogen-bond acceptors (Lipinski definition) is 6. The molecule has 6 nitrogen and oxygen atoms in total. The highest BCUT2D eigenvalue weighted by molar-refractivity contribution is 7.98. The molecule has 4 aromatic rings. The van der Waals surface area contributed by atoms with Crippen molar-refractivity contribution in [1.29, 1.82) is 0 Å². The summed E-state index contributed by atoms with van der Waals surface area (Å²) in [6.07, 6.45) is 1.72. The van der Waals surface area contributed by atoms with Crippen molar-refractivity contribution in [3.63, 3.8) is 0 Å². The number of carbonyl (C=O) groups excluding carboxylic acids is 1. The minimum absolute atomic E-state index is 0.0930. The van der Waals surface area contributed by atoms with Crippen LogP contribution in [0.25, 0.3) is 4.96 Å². The lowest BCUT2D eigenvalue weighted by molar-refractivity contribution is 0.102. The zero-order valence-corrected chi connectivity index (χ0v) is 17.1. The van der Waals surface area contributed by atoms with Crippen LogP contribution in [0.4, 0.5) is 5.69 Å². The van der Waals surface area contributed by atoms with E-state index in [4.69, 9.17) is 4.74 Å². The molecule has 0 aliphatic rings. The molecular weight excluding hydrogens is 406 g/mol. The second-order valence-electron chi connectivity index (χ2n) is 6.08. The summed E-state index contributed by atoms with van der Waals surface area (Å²) in [5.41, 5.74) is 1.77. The summed E-state index contributed by atoms with van der Waals surface area (Å²) in [5, 5.41) is 4.79. The van der Waals surface area contributed by atoms with Gasteiger partial charge in [-0.05, 0) is 24.3 Å². The van der Waals surface area contributed by atoms with Gasteiger partial charge in [0, 0.05) is 28.3 Å². The molecule has 0 bridgehead atoms. The van der Waals surface area contributed by atoms with Gasteiger partial charge < -0.3 is 10.1 Å². The van der Waals surface area contributed by atoms with Gasteiger partial charge in [-0.25, -0.2) is 4.98 Å². The molecule has 146 valence electrons. The smallest absolute Gasteiger partial charge is 0.259 e. The molecule has 0 fully saturated rings.